The third-order valence-corrected chi connectivity index (χ3v) is 3.35. The van der Waals surface area contributed by atoms with E-state index in [0.717, 1.165) is 5.56 Å². The van der Waals surface area contributed by atoms with Gasteiger partial charge in [-0.15, -0.1) is 0 Å². The van der Waals surface area contributed by atoms with Crippen molar-refractivity contribution in [3.8, 4) is 11.8 Å². The van der Waals surface area contributed by atoms with Crippen LogP contribution >= 0.6 is 0 Å². The van der Waals surface area contributed by atoms with Gasteiger partial charge in [0.25, 0.3) is 5.91 Å². The summed E-state index contributed by atoms with van der Waals surface area (Å²) in [6.45, 7) is 1.92. The molecule has 0 aromatic heterocycles. The summed E-state index contributed by atoms with van der Waals surface area (Å²) < 4.78 is 5.24. The molecule has 1 amide bonds. The highest BCUT2D eigenvalue weighted by atomic mass is 16.5. The summed E-state index contributed by atoms with van der Waals surface area (Å²) in [5.74, 6) is 0.485. The van der Waals surface area contributed by atoms with Crippen LogP contribution in [0.1, 0.15) is 21.5 Å². The van der Waals surface area contributed by atoms with Crippen molar-refractivity contribution in [3.63, 3.8) is 0 Å². The largest absolute Gasteiger partial charge is 0.496 e. The van der Waals surface area contributed by atoms with Crippen LogP contribution in [0.3, 0.4) is 0 Å². The van der Waals surface area contributed by atoms with Crippen molar-refractivity contribution >= 4 is 11.6 Å². The van der Waals surface area contributed by atoms with Gasteiger partial charge in [-0.05, 0) is 36.8 Å². The van der Waals surface area contributed by atoms with Gasteiger partial charge >= 0.3 is 0 Å². The molecule has 2 rings (SSSR count). The minimum atomic E-state index is -0.184. The van der Waals surface area contributed by atoms with E-state index < -0.39 is 0 Å². The average molecular weight is 280 g/mol. The number of aryl methyl sites for hydroxylation is 1. The zero-order valence-electron chi connectivity index (χ0n) is 12.3. The van der Waals surface area contributed by atoms with Crippen LogP contribution in [0, 0.1) is 18.3 Å². The van der Waals surface area contributed by atoms with Crippen molar-refractivity contribution in [1.29, 1.82) is 5.26 Å². The predicted molar refractivity (Wildman–Crippen MR) is 81.6 cm³/mol. The Bertz CT molecular complexity index is 717. The molecule has 4 nitrogen and oxygen atoms in total. The van der Waals surface area contributed by atoms with Gasteiger partial charge < -0.3 is 9.64 Å². The zero-order valence-corrected chi connectivity index (χ0v) is 12.3. The molecule has 0 aliphatic heterocycles. The maximum Gasteiger partial charge on any atom is 0.258 e. The monoisotopic (exact) mass is 280 g/mol. The van der Waals surface area contributed by atoms with Gasteiger partial charge in [0.05, 0.1) is 18.4 Å². The van der Waals surface area contributed by atoms with Gasteiger partial charge in [0.1, 0.15) is 11.8 Å². The quantitative estimate of drug-likeness (QED) is 0.867. The molecule has 0 N–H and O–H groups in total. The number of para-hydroxylation sites is 1. The second-order valence-electron chi connectivity index (χ2n) is 4.68. The zero-order chi connectivity index (χ0) is 15.4. The number of carbonyl (C=O) groups is 1. The highest BCUT2D eigenvalue weighted by molar-refractivity contribution is 6.06. The Morgan fingerprint density at radius 2 is 1.95 bits per heavy atom. The molecule has 0 saturated heterocycles. The molecule has 0 radical (unpaired) electrons. The Kier molecular flexibility index (Phi) is 4.24. The number of benzene rings is 2. The first kappa shape index (κ1) is 14.6. The van der Waals surface area contributed by atoms with E-state index >= 15 is 0 Å². The Hall–Kier alpha value is -2.80. The second-order valence-corrected chi connectivity index (χ2v) is 4.68. The molecule has 0 saturated carbocycles. The molecule has 0 atom stereocenters. The molecule has 0 aliphatic carbocycles. The van der Waals surface area contributed by atoms with E-state index in [1.165, 1.54) is 4.90 Å². The minimum Gasteiger partial charge on any atom is -0.496 e. The van der Waals surface area contributed by atoms with Crippen LogP contribution in [0.2, 0.25) is 0 Å². The number of rotatable bonds is 3. The maximum atomic E-state index is 12.6. The summed E-state index contributed by atoms with van der Waals surface area (Å²) in [4.78, 5) is 14.0. The Morgan fingerprint density at radius 3 is 2.62 bits per heavy atom. The lowest BCUT2D eigenvalue weighted by molar-refractivity contribution is 0.0992. The summed E-state index contributed by atoms with van der Waals surface area (Å²) in [6, 6.07) is 14.4. The highest BCUT2D eigenvalue weighted by Gasteiger charge is 2.17. The van der Waals surface area contributed by atoms with Gasteiger partial charge in [-0.3, -0.25) is 4.79 Å². The second kappa shape index (κ2) is 6.10. The van der Waals surface area contributed by atoms with Gasteiger partial charge in [-0.2, -0.15) is 5.26 Å². The van der Waals surface area contributed by atoms with Crippen molar-refractivity contribution in [2.24, 2.45) is 0 Å². The van der Waals surface area contributed by atoms with Crippen molar-refractivity contribution in [3.05, 3.63) is 59.2 Å². The third-order valence-electron chi connectivity index (χ3n) is 3.35. The van der Waals surface area contributed by atoms with E-state index in [0.29, 0.717) is 22.6 Å². The average Bonchev–Trinajstić information content (AvgIpc) is 2.53. The van der Waals surface area contributed by atoms with E-state index in [9.17, 15) is 4.79 Å². The van der Waals surface area contributed by atoms with Crippen LogP contribution in [0.15, 0.2) is 42.5 Å². The number of hydrogen-bond donors (Lipinski definition) is 0. The van der Waals surface area contributed by atoms with E-state index in [1.54, 1.807) is 50.6 Å². The van der Waals surface area contributed by atoms with E-state index in [4.69, 9.17) is 10.00 Å². The summed E-state index contributed by atoms with van der Waals surface area (Å²) in [7, 11) is 3.23. The SMILES string of the molecule is COc1cc(C(=O)N(C)c2ccccc2C#N)ccc1C. The first-order valence-electron chi connectivity index (χ1n) is 6.50. The smallest absolute Gasteiger partial charge is 0.258 e. The molecule has 0 unspecified atom stereocenters. The van der Waals surface area contributed by atoms with Gasteiger partial charge in [0.2, 0.25) is 0 Å². The fourth-order valence-electron chi connectivity index (χ4n) is 2.12. The van der Waals surface area contributed by atoms with E-state index in [2.05, 4.69) is 6.07 Å². The van der Waals surface area contributed by atoms with E-state index in [1.807, 2.05) is 13.0 Å². The Labute approximate surface area is 124 Å². The predicted octanol–water partition coefficient (Wildman–Crippen LogP) is 3.15. The van der Waals surface area contributed by atoms with Crippen LogP contribution in [0.25, 0.3) is 0 Å². The molecule has 0 bridgehead atoms. The highest BCUT2D eigenvalue weighted by Crippen LogP contribution is 2.23. The molecule has 2 aromatic carbocycles. The van der Waals surface area contributed by atoms with Crippen LogP contribution in [-0.2, 0) is 0 Å². The molecule has 2 aromatic rings. The summed E-state index contributed by atoms with van der Waals surface area (Å²) >= 11 is 0. The molecule has 0 aliphatic rings. The molecular weight excluding hydrogens is 264 g/mol. The number of nitrogens with zero attached hydrogens (tertiary/aromatic N) is 2. The van der Waals surface area contributed by atoms with Crippen molar-refractivity contribution < 1.29 is 9.53 Å². The van der Waals surface area contributed by atoms with E-state index in [-0.39, 0.29) is 5.91 Å². The lowest BCUT2D eigenvalue weighted by Gasteiger charge is -2.19. The summed E-state index contributed by atoms with van der Waals surface area (Å²) in [5.41, 5.74) is 2.54. The maximum absolute atomic E-state index is 12.6. The molecule has 0 heterocycles. The molecule has 106 valence electrons. The summed E-state index contributed by atoms with van der Waals surface area (Å²) in [6.07, 6.45) is 0. The topological polar surface area (TPSA) is 53.3 Å². The van der Waals surface area contributed by atoms with Crippen molar-refractivity contribution in [2.75, 3.05) is 19.1 Å². The van der Waals surface area contributed by atoms with Crippen molar-refractivity contribution in [1.82, 2.24) is 0 Å². The normalized spacial score (nSPS) is 9.81. The fourth-order valence-corrected chi connectivity index (χ4v) is 2.12. The lowest BCUT2D eigenvalue weighted by Crippen LogP contribution is -2.27. The van der Waals surface area contributed by atoms with Gasteiger partial charge in [0.15, 0.2) is 0 Å². The number of anilines is 1. The van der Waals surface area contributed by atoms with Gasteiger partial charge in [-0.25, -0.2) is 0 Å². The molecule has 21 heavy (non-hydrogen) atoms. The number of methoxy groups -OCH3 is 1. The van der Waals surface area contributed by atoms with Crippen LogP contribution in [0.4, 0.5) is 5.69 Å². The number of hydrogen-bond acceptors (Lipinski definition) is 3. The third kappa shape index (κ3) is 2.87. The minimum absolute atomic E-state index is 0.184. The van der Waals surface area contributed by atoms with Gasteiger partial charge in [0, 0.05) is 12.6 Å². The number of ether oxygens (including phenoxy) is 1. The van der Waals surface area contributed by atoms with Crippen molar-refractivity contribution in [2.45, 2.75) is 6.92 Å². The first-order valence-corrected chi connectivity index (χ1v) is 6.50. The number of carbonyl (C=O) groups excluding carboxylic acids is 1. The lowest BCUT2D eigenvalue weighted by atomic mass is 10.1. The molecule has 0 fully saturated rings. The van der Waals surface area contributed by atoms with Crippen LogP contribution in [0.5, 0.6) is 5.75 Å². The first-order chi connectivity index (χ1) is 10.1. The molecule has 4 heteroatoms. The fraction of sp³-hybridized carbons (Fsp3) is 0.176. The van der Waals surface area contributed by atoms with Crippen LogP contribution < -0.4 is 9.64 Å². The Balaban J connectivity index is 2.38. The van der Waals surface area contributed by atoms with Crippen LogP contribution in [-0.4, -0.2) is 20.1 Å². The van der Waals surface area contributed by atoms with Gasteiger partial charge in [-0.1, -0.05) is 18.2 Å². The number of amides is 1. The molecular formula is C17H16N2O2. The number of nitriles is 1. The summed E-state index contributed by atoms with van der Waals surface area (Å²) in [5, 5.41) is 9.13. The Morgan fingerprint density at radius 1 is 1.24 bits per heavy atom. The standard InChI is InChI=1S/C17H16N2O2/c1-12-8-9-13(10-16(12)21-3)17(20)19(2)15-7-5-4-6-14(15)11-18/h4-10H,1-3H3. The molecule has 0 spiro atoms.